The zero-order chi connectivity index (χ0) is 12.9. The van der Waals surface area contributed by atoms with Crippen molar-refractivity contribution in [3.63, 3.8) is 0 Å². The molecule has 0 bridgehead atoms. The average molecular weight is 254 g/mol. The second kappa shape index (κ2) is 4.05. The predicted molar refractivity (Wildman–Crippen MR) is 61.5 cm³/mol. The van der Waals surface area contributed by atoms with Crippen LogP contribution in [0.2, 0.25) is 0 Å². The molecule has 3 aliphatic rings. The quantitative estimate of drug-likeness (QED) is 0.550. The number of hydrogen-bond donors (Lipinski definition) is 0. The third-order valence-corrected chi connectivity index (χ3v) is 3.66. The number of carbonyl (C=O) groups is 1. The van der Waals surface area contributed by atoms with Gasteiger partial charge in [-0.05, 0) is 20.3 Å². The maximum atomic E-state index is 11.6. The summed E-state index contributed by atoms with van der Waals surface area (Å²) < 4.78 is 22.7. The Morgan fingerprint density at radius 1 is 1.33 bits per heavy atom. The number of fused-ring (bicyclic) bond motifs is 3. The van der Waals surface area contributed by atoms with E-state index in [1.807, 2.05) is 19.9 Å². The molecule has 0 aliphatic carbocycles. The van der Waals surface area contributed by atoms with Crippen molar-refractivity contribution in [2.45, 2.75) is 57.1 Å². The van der Waals surface area contributed by atoms with Crippen molar-refractivity contribution in [2.75, 3.05) is 0 Å². The van der Waals surface area contributed by atoms with Gasteiger partial charge in [-0.15, -0.1) is 6.58 Å². The number of esters is 1. The van der Waals surface area contributed by atoms with Gasteiger partial charge in [0.15, 0.2) is 24.3 Å². The molecule has 0 spiro atoms. The van der Waals surface area contributed by atoms with Gasteiger partial charge >= 0.3 is 5.97 Å². The molecular weight excluding hydrogens is 236 g/mol. The summed E-state index contributed by atoms with van der Waals surface area (Å²) in [4.78, 5) is 11.6. The monoisotopic (exact) mass is 254 g/mol. The fourth-order valence-corrected chi connectivity index (χ4v) is 2.98. The summed E-state index contributed by atoms with van der Waals surface area (Å²) in [6.07, 6.45) is 1.66. The molecule has 0 aromatic heterocycles. The van der Waals surface area contributed by atoms with Gasteiger partial charge in [-0.1, -0.05) is 6.08 Å². The third-order valence-electron chi connectivity index (χ3n) is 3.66. The molecule has 5 heteroatoms. The molecule has 3 saturated heterocycles. The minimum absolute atomic E-state index is 0.106. The normalized spacial score (nSPS) is 45.2. The molecule has 0 aromatic carbocycles. The first-order chi connectivity index (χ1) is 8.50. The number of rotatable bonds is 2. The van der Waals surface area contributed by atoms with E-state index in [0.29, 0.717) is 6.42 Å². The number of allylic oxidation sites excluding steroid dienone is 1. The van der Waals surface area contributed by atoms with Crippen LogP contribution in [0.5, 0.6) is 0 Å². The Kier molecular flexibility index (Phi) is 2.73. The molecule has 0 amide bonds. The first-order valence-electron chi connectivity index (χ1n) is 6.31. The standard InChI is InChI=1S/C13H18O5/c1-4-5-7-6-8(14)15-10-9(7)16-12-11(10)17-13(2,3)18-12/h4,7,9-12H,1,5-6H2,2-3H3/t7-,9+,10-,11+,12+/m0/s1. The summed E-state index contributed by atoms with van der Waals surface area (Å²) in [6, 6.07) is 0. The summed E-state index contributed by atoms with van der Waals surface area (Å²) >= 11 is 0. The minimum atomic E-state index is -0.682. The zero-order valence-electron chi connectivity index (χ0n) is 10.6. The molecule has 5 nitrogen and oxygen atoms in total. The van der Waals surface area contributed by atoms with E-state index in [9.17, 15) is 4.79 Å². The van der Waals surface area contributed by atoms with Gasteiger partial charge in [-0.25, -0.2) is 0 Å². The van der Waals surface area contributed by atoms with Crippen LogP contribution in [0.15, 0.2) is 12.7 Å². The Hall–Kier alpha value is -0.910. The summed E-state index contributed by atoms with van der Waals surface area (Å²) in [7, 11) is 0. The van der Waals surface area contributed by atoms with Gasteiger partial charge in [0.05, 0.1) is 6.42 Å². The van der Waals surface area contributed by atoms with Crippen LogP contribution in [-0.2, 0) is 23.7 Å². The first-order valence-corrected chi connectivity index (χ1v) is 6.31. The fraction of sp³-hybridized carbons (Fsp3) is 0.769. The second-order valence-corrected chi connectivity index (χ2v) is 5.51. The highest BCUT2D eigenvalue weighted by Crippen LogP contribution is 2.44. The van der Waals surface area contributed by atoms with Crippen molar-refractivity contribution in [1.82, 2.24) is 0 Å². The number of hydrogen-bond acceptors (Lipinski definition) is 5. The van der Waals surface area contributed by atoms with Crippen molar-refractivity contribution >= 4 is 5.97 Å². The molecule has 100 valence electrons. The molecule has 0 N–H and O–H groups in total. The first kappa shape index (κ1) is 12.1. The van der Waals surface area contributed by atoms with Crippen molar-refractivity contribution in [3.8, 4) is 0 Å². The number of ether oxygens (including phenoxy) is 4. The smallest absolute Gasteiger partial charge is 0.306 e. The maximum absolute atomic E-state index is 11.6. The van der Waals surface area contributed by atoms with Crippen LogP contribution in [0.3, 0.4) is 0 Å². The molecule has 3 rings (SSSR count). The highest BCUT2D eigenvalue weighted by atomic mass is 16.8. The van der Waals surface area contributed by atoms with E-state index in [0.717, 1.165) is 6.42 Å². The summed E-state index contributed by atoms with van der Waals surface area (Å²) in [5, 5.41) is 0. The molecule has 5 atom stereocenters. The molecular formula is C13H18O5. The van der Waals surface area contributed by atoms with Gasteiger partial charge in [0.25, 0.3) is 0 Å². The lowest BCUT2D eigenvalue weighted by Gasteiger charge is -2.34. The SMILES string of the molecule is C=CC[C@H]1CC(=O)O[C@H]2[C@@H]1O[C@@H]1OC(C)(C)O[C@@H]12. The van der Waals surface area contributed by atoms with Crippen LogP contribution in [0.4, 0.5) is 0 Å². The van der Waals surface area contributed by atoms with E-state index in [4.69, 9.17) is 18.9 Å². The largest absolute Gasteiger partial charge is 0.457 e. The van der Waals surface area contributed by atoms with E-state index in [-0.39, 0.29) is 30.2 Å². The molecule has 3 aliphatic heterocycles. The number of carbonyl (C=O) groups excluding carboxylic acids is 1. The van der Waals surface area contributed by atoms with Crippen LogP contribution in [-0.4, -0.2) is 36.4 Å². The molecule has 0 aromatic rings. The van der Waals surface area contributed by atoms with Gasteiger partial charge in [-0.3, -0.25) is 4.79 Å². The highest BCUT2D eigenvalue weighted by molar-refractivity contribution is 5.71. The molecule has 0 unspecified atom stereocenters. The van der Waals surface area contributed by atoms with Crippen LogP contribution in [0.1, 0.15) is 26.7 Å². The lowest BCUT2D eigenvalue weighted by atomic mass is 9.88. The summed E-state index contributed by atoms with van der Waals surface area (Å²) in [6.45, 7) is 7.38. The van der Waals surface area contributed by atoms with E-state index >= 15 is 0 Å². The van der Waals surface area contributed by atoms with E-state index in [1.54, 1.807) is 0 Å². The molecule has 3 fully saturated rings. The Bertz CT molecular complexity index is 378. The fourth-order valence-electron chi connectivity index (χ4n) is 2.98. The Balaban J connectivity index is 1.80. The third kappa shape index (κ3) is 1.86. The molecule has 0 saturated carbocycles. The van der Waals surface area contributed by atoms with Crippen molar-refractivity contribution in [1.29, 1.82) is 0 Å². The van der Waals surface area contributed by atoms with Crippen LogP contribution in [0, 0.1) is 5.92 Å². The topological polar surface area (TPSA) is 54.0 Å². The summed E-state index contributed by atoms with van der Waals surface area (Å²) in [5.74, 6) is -0.770. The van der Waals surface area contributed by atoms with Crippen LogP contribution < -0.4 is 0 Å². The summed E-state index contributed by atoms with van der Waals surface area (Å²) in [5.41, 5.74) is 0. The van der Waals surface area contributed by atoms with Gasteiger partial charge in [0.1, 0.15) is 6.10 Å². The van der Waals surface area contributed by atoms with Gasteiger partial charge < -0.3 is 18.9 Å². The molecule has 18 heavy (non-hydrogen) atoms. The highest BCUT2D eigenvalue weighted by Gasteiger charge is 2.59. The van der Waals surface area contributed by atoms with Crippen LogP contribution >= 0.6 is 0 Å². The Morgan fingerprint density at radius 3 is 2.83 bits per heavy atom. The lowest BCUT2D eigenvalue weighted by Crippen LogP contribution is -2.46. The Morgan fingerprint density at radius 2 is 2.11 bits per heavy atom. The van der Waals surface area contributed by atoms with Gasteiger partial charge in [0, 0.05) is 5.92 Å². The second-order valence-electron chi connectivity index (χ2n) is 5.51. The maximum Gasteiger partial charge on any atom is 0.306 e. The van der Waals surface area contributed by atoms with E-state index in [2.05, 4.69) is 6.58 Å². The minimum Gasteiger partial charge on any atom is -0.457 e. The van der Waals surface area contributed by atoms with Gasteiger partial charge in [-0.2, -0.15) is 0 Å². The lowest BCUT2D eigenvalue weighted by molar-refractivity contribution is -0.231. The van der Waals surface area contributed by atoms with Crippen LogP contribution in [0.25, 0.3) is 0 Å². The van der Waals surface area contributed by atoms with Crippen molar-refractivity contribution < 1.29 is 23.7 Å². The Labute approximate surface area is 106 Å². The zero-order valence-corrected chi connectivity index (χ0v) is 10.6. The van der Waals surface area contributed by atoms with Crippen molar-refractivity contribution in [3.05, 3.63) is 12.7 Å². The average Bonchev–Trinajstić information content (AvgIpc) is 2.72. The van der Waals surface area contributed by atoms with E-state index in [1.165, 1.54) is 0 Å². The van der Waals surface area contributed by atoms with Crippen molar-refractivity contribution in [2.24, 2.45) is 5.92 Å². The van der Waals surface area contributed by atoms with Gasteiger partial charge in [0.2, 0.25) is 0 Å². The van der Waals surface area contributed by atoms with E-state index < -0.39 is 12.1 Å². The molecule has 0 radical (unpaired) electrons. The predicted octanol–water partition coefficient (Wildman–Crippen LogP) is 1.37. The molecule has 3 heterocycles.